The van der Waals surface area contributed by atoms with Gasteiger partial charge in [0.05, 0.1) is 11.6 Å². The van der Waals surface area contributed by atoms with Crippen LogP contribution in [0.15, 0.2) is 18.3 Å². The van der Waals surface area contributed by atoms with Crippen molar-refractivity contribution < 1.29 is 4.79 Å². The van der Waals surface area contributed by atoms with Gasteiger partial charge in [0.1, 0.15) is 5.82 Å². The molecule has 0 aliphatic rings. The lowest BCUT2D eigenvalue weighted by atomic mass is 10.4. The minimum Gasteiger partial charge on any atom is -0.360 e. The molecular weight excluding hydrogens is 226 g/mol. The number of carbonyl (C=O) groups excluding carboxylic acids is 1. The van der Waals surface area contributed by atoms with Gasteiger partial charge < -0.3 is 10.2 Å². The first-order valence-electron chi connectivity index (χ1n) is 5.31. The Kier molecular flexibility index (Phi) is 5.05. The molecule has 4 nitrogen and oxygen atoms in total. The maximum absolute atomic E-state index is 11.7. The Morgan fingerprint density at radius 3 is 2.75 bits per heavy atom. The quantitative estimate of drug-likeness (QED) is 0.858. The number of rotatable bonds is 5. The number of aromatic nitrogens is 1. The molecule has 1 heterocycles. The first-order chi connectivity index (χ1) is 7.69. The van der Waals surface area contributed by atoms with Crippen LogP contribution in [-0.4, -0.2) is 35.4 Å². The van der Waals surface area contributed by atoms with Crippen molar-refractivity contribution in [3.05, 3.63) is 23.4 Å². The summed E-state index contributed by atoms with van der Waals surface area (Å²) >= 11 is 5.91. The molecule has 0 bridgehead atoms. The highest BCUT2D eigenvalue weighted by Gasteiger charge is 2.09. The van der Waals surface area contributed by atoms with Crippen LogP contribution in [0.2, 0.25) is 5.02 Å². The van der Waals surface area contributed by atoms with E-state index in [-0.39, 0.29) is 12.5 Å². The van der Waals surface area contributed by atoms with Crippen LogP contribution in [0, 0.1) is 0 Å². The van der Waals surface area contributed by atoms with Gasteiger partial charge in [0.2, 0.25) is 5.91 Å². The van der Waals surface area contributed by atoms with Crippen molar-refractivity contribution in [2.24, 2.45) is 0 Å². The summed E-state index contributed by atoms with van der Waals surface area (Å²) < 4.78 is 0. The van der Waals surface area contributed by atoms with Gasteiger partial charge in [0.25, 0.3) is 0 Å². The number of halogens is 1. The Balaban J connectivity index is 2.52. The number of likely N-dealkylation sites (N-methyl/N-ethyl adjacent to an activating group) is 1. The predicted molar refractivity (Wildman–Crippen MR) is 65.7 cm³/mol. The highest BCUT2D eigenvalue weighted by atomic mass is 35.5. The van der Waals surface area contributed by atoms with Crippen molar-refractivity contribution in [2.45, 2.75) is 13.8 Å². The van der Waals surface area contributed by atoms with Gasteiger partial charge in [-0.05, 0) is 26.0 Å². The second-order valence-electron chi connectivity index (χ2n) is 3.25. The third-order valence-corrected chi connectivity index (χ3v) is 2.59. The molecule has 5 heteroatoms. The van der Waals surface area contributed by atoms with Crippen LogP contribution in [0.5, 0.6) is 0 Å². The lowest BCUT2D eigenvalue weighted by Crippen LogP contribution is -2.35. The molecule has 0 aromatic carbocycles. The number of amides is 1. The van der Waals surface area contributed by atoms with Crippen LogP contribution in [0.1, 0.15) is 13.8 Å². The van der Waals surface area contributed by atoms with Gasteiger partial charge in [-0.1, -0.05) is 11.6 Å². The largest absolute Gasteiger partial charge is 0.360 e. The fourth-order valence-electron chi connectivity index (χ4n) is 1.36. The van der Waals surface area contributed by atoms with Gasteiger partial charge in [-0.3, -0.25) is 4.79 Å². The van der Waals surface area contributed by atoms with Crippen LogP contribution in [0.4, 0.5) is 5.82 Å². The van der Waals surface area contributed by atoms with E-state index in [0.717, 1.165) is 0 Å². The molecule has 1 amide bonds. The van der Waals surface area contributed by atoms with Crippen molar-refractivity contribution in [1.82, 2.24) is 9.88 Å². The SMILES string of the molecule is CCN(CC)C(=O)CNc1ncccc1Cl. The third-order valence-electron chi connectivity index (χ3n) is 2.28. The van der Waals surface area contributed by atoms with Crippen LogP contribution < -0.4 is 5.32 Å². The average molecular weight is 242 g/mol. The Labute approximate surface area is 101 Å². The van der Waals surface area contributed by atoms with Crippen molar-refractivity contribution in [1.29, 1.82) is 0 Å². The molecule has 16 heavy (non-hydrogen) atoms. The number of pyridine rings is 1. The highest BCUT2D eigenvalue weighted by Crippen LogP contribution is 2.16. The second kappa shape index (κ2) is 6.33. The zero-order valence-electron chi connectivity index (χ0n) is 9.53. The molecule has 0 spiro atoms. The van der Waals surface area contributed by atoms with Crippen LogP contribution in [0.25, 0.3) is 0 Å². The van der Waals surface area contributed by atoms with Crippen molar-refractivity contribution in [2.75, 3.05) is 25.0 Å². The Bertz CT molecular complexity index is 353. The number of hydrogen-bond acceptors (Lipinski definition) is 3. The van der Waals surface area contributed by atoms with Gasteiger partial charge in [-0.2, -0.15) is 0 Å². The normalized spacial score (nSPS) is 9.94. The molecule has 1 N–H and O–H groups in total. The Hall–Kier alpha value is -1.29. The zero-order valence-corrected chi connectivity index (χ0v) is 10.3. The molecule has 1 aromatic rings. The fraction of sp³-hybridized carbons (Fsp3) is 0.455. The van der Waals surface area contributed by atoms with Gasteiger partial charge in [0.15, 0.2) is 0 Å². The van der Waals surface area contributed by atoms with Crippen LogP contribution in [-0.2, 0) is 4.79 Å². The monoisotopic (exact) mass is 241 g/mol. The van der Waals surface area contributed by atoms with E-state index in [4.69, 9.17) is 11.6 Å². The standard InChI is InChI=1S/C11H16ClN3O/c1-3-15(4-2)10(16)8-14-11-9(12)6-5-7-13-11/h5-7H,3-4,8H2,1-2H3,(H,13,14). The molecule has 88 valence electrons. The molecule has 0 saturated heterocycles. The summed E-state index contributed by atoms with van der Waals surface area (Å²) in [7, 11) is 0. The van der Waals surface area contributed by atoms with E-state index >= 15 is 0 Å². The van der Waals surface area contributed by atoms with Crippen molar-refractivity contribution in [3.8, 4) is 0 Å². The maximum Gasteiger partial charge on any atom is 0.241 e. The summed E-state index contributed by atoms with van der Waals surface area (Å²) in [5.41, 5.74) is 0. The summed E-state index contributed by atoms with van der Waals surface area (Å²) in [5.74, 6) is 0.594. The van der Waals surface area contributed by atoms with E-state index in [1.54, 1.807) is 23.2 Å². The Morgan fingerprint density at radius 1 is 1.50 bits per heavy atom. The predicted octanol–water partition coefficient (Wildman–Crippen LogP) is 2.02. The minimum absolute atomic E-state index is 0.0479. The van der Waals surface area contributed by atoms with Crippen LogP contribution >= 0.6 is 11.6 Å². The smallest absolute Gasteiger partial charge is 0.241 e. The summed E-state index contributed by atoms with van der Waals surface area (Å²) in [6, 6.07) is 3.48. The maximum atomic E-state index is 11.7. The van der Waals surface area contributed by atoms with Crippen molar-refractivity contribution in [3.63, 3.8) is 0 Å². The van der Waals surface area contributed by atoms with E-state index < -0.39 is 0 Å². The summed E-state index contributed by atoms with van der Waals surface area (Å²) in [5, 5.41) is 3.45. The number of nitrogens with zero attached hydrogens (tertiary/aromatic N) is 2. The third kappa shape index (κ3) is 3.38. The molecule has 1 rings (SSSR count). The summed E-state index contributed by atoms with van der Waals surface area (Å²) in [4.78, 5) is 17.5. The van der Waals surface area contributed by atoms with E-state index in [2.05, 4.69) is 10.3 Å². The first kappa shape index (κ1) is 12.8. The van der Waals surface area contributed by atoms with E-state index in [1.165, 1.54) is 0 Å². The number of carbonyl (C=O) groups is 1. The number of hydrogen-bond donors (Lipinski definition) is 1. The van der Waals surface area contributed by atoms with E-state index in [0.29, 0.717) is 23.9 Å². The fourth-order valence-corrected chi connectivity index (χ4v) is 1.55. The lowest BCUT2D eigenvalue weighted by Gasteiger charge is -2.19. The molecule has 1 aromatic heterocycles. The lowest BCUT2D eigenvalue weighted by molar-refractivity contribution is -0.128. The summed E-state index contributed by atoms with van der Waals surface area (Å²) in [6.45, 7) is 5.56. The van der Waals surface area contributed by atoms with Gasteiger partial charge in [0, 0.05) is 19.3 Å². The first-order valence-corrected chi connectivity index (χ1v) is 5.69. The number of anilines is 1. The number of nitrogens with one attached hydrogen (secondary N) is 1. The molecule has 0 aliphatic heterocycles. The Morgan fingerprint density at radius 2 is 2.19 bits per heavy atom. The molecule has 0 unspecified atom stereocenters. The highest BCUT2D eigenvalue weighted by molar-refractivity contribution is 6.32. The average Bonchev–Trinajstić information content (AvgIpc) is 2.29. The minimum atomic E-state index is 0.0479. The summed E-state index contributed by atoms with van der Waals surface area (Å²) in [6.07, 6.45) is 1.64. The second-order valence-corrected chi connectivity index (χ2v) is 3.66. The van der Waals surface area contributed by atoms with E-state index in [9.17, 15) is 4.79 Å². The van der Waals surface area contributed by atoms with Gasteiger partial charge >= 0.3 is 0 Å². The molecule has 0 aliphatic carbocycles. The van der Waals surface area contributed by atoms with Gasteiger partial charge in [-0.25, -0.2) is 4.98 Å². The molecule has 0 fully saturated rings. The molecule has 0 saturated carbocycles. The van der Waals surface area contributed by atoms with Crippen molar-refractivity contribution >= 4 is 23.3 Å². The zero-order chi connectivity index (χ0) is 12.0. The topological polar surface area (TPSA) is 45.2 Å². The van der Waals surface area contributed by atoms with Crippen LogP contribution in [0.3, 0.4) is 0 Å². The molecule has 0 atom stereocenters. The van der Waals surface area contributed by atoms with E-state index in [1.807, 2.05) is 13.8 Å². The van der Waals surface area contributed by atoms with Gasteiger partial charge in [-0.15, -0.1) is 0 Å². The molecule has 0 radical (unpaired) electrons. The molecular formula is C11H16ClN3O.